The molecule has 0 saturated carbocycles. The fourth-order valence-electron chi connectivity index (χ4n) is 3.12. The van der Waals surface area contributed by atoms with E-state index in [0.29, 0.717) is 35.8 Å². The molecule has 0 aromatic heterocycles. The van der Waals surface area contributed by atoms with E-state index >= 15 is 0 Å². The van der Waals surface area contributed by atoms with Crippen molar-refractivity contribution >= 4 is 21.5 Å². The maximum Gasteiger partial charge on any atom is 0.243 e. The lowest BCUT2D eigenvalue weighted by Gasteiger charge is -2.15. The third kappa shape index (κ3) is 4.28. The van der Waals surface area contributed by atoms with Crippen molar-refractivity contribution in [3.8, 4) is 11.5 Å². The summed E-state index contributed by atoms with van der Waals surface area (Å²) in [5.74, 6) is 1.09. The zero-order valence-electron chi connectivity index (χ0n) is 16.0. The second-order valence-corrected chi connectivity index (χ2v) is 8.42. The van der Waals surface area contributed by atoms with Gasteiger partial charge in [-0.15, -0.1) is 0 Å². The second-order valence-electron chi connectivity index (χ2n) is 6.48. The summed E-state index contributed by atoms with van der Waals surface area (Å²) in [6.07, 6.45) is 1.77. The van der Waals surface area contributed by atoms with Gasteiger partial charge in [-0.25, -0.2) is 8.42 Å². The Labute approximate surface area is 165 Å². The molecule has 1 aliphatic rings. The van der Waals surface area contributed by atoms with Gasteiger partial charge in [0.15, 0.2) is 5.78 Å². The monoisotopic (exact) mass is 404 g/mol. The number of Topliss-reactive ketones (excluding diaryl/α,β-unsaturated/α-hetero) is 1. The number of rotatable bonds is 8. The first kappa shape index (κ1) is 20.2. The summed E-state index contributed by atoms with van der Waals surface area (Å²) >= 11 is 0. The molecule has 2 aromatic carbocycles. The molecule has 0 radical (unpaired) electrons. The van der Waals surface area contributed by atoms with E-state index in [1.807, 2.05) is 0 Å². The lowest BCUT2D eigenvalue weighted by Crippen LogP contribution is -2.27. The van der Waals surface area contributed by atoms with Crippen LogP contribution in [0.2, 0.25) is 0 Å². The summed E-state index contributed by atoms with van der Waals surface area (Å²) in [5, 5.41) is 3.05. The van der Waals surface area contributed by atoms with Gasteiger partial charge in [0.1, 0.15) is 11.5 Å². The second kappa shape index (κ2) is 8.62. The highest BCUT2D eigenvalue weighted by molar-refractivity contribution is 7.89. The van der Waals surface area contributed by atoms with Gasteiger partial charge in [-0.3, -0.25) is 4.79 Å². The van der Waals surface area contributed by atoms with Gasteiger partial charge in [0, 0.05) is 24.7 Å². The van der Waals surface area contributed by atoms with Crippen LogP contribution >= 0.6 is 0 Å². The van der Waals surface area contributed by atoms with E-state index in [-0.39, 0.29) is 17.2 Å². The van der Waals surface area contributed by atoms with Gasteiger partial charge < -0.3 is 14.8 Å². The Morgan fingerprint density at radius 1 is 1.04 bits per heavy atom. The molecule has 3 rings (SSSR count). The molecule has 1 saturated heterocycles. The van der Waals surface area contributed by atoms with Gasteiger partial charge in [-0.05, 0) is 49.2 Å². The summed E-state index contributed by atoms with van der Waals surface area (Å²) in [5.41, 5.74) is 1.08. The number of nitrogens with one attached hydrogen (secondary N) is 1. The van der Waals surface area contributed by atoms with Crippen LogP contribution in [0.1, 0.15) is 23.2 Å². The minimum Gasteiger partial charge on any atom is -0.497 e. The molecule has 1 aliphatic heterocycles. The predicted octanol–water partition coefficient (Wildman–Crippen LogP) is 2.78. The highest BCUT2D eigenvalue weighted by Crippen LogP contribution is 2.29. The number of hydrogen-bond donors (Lipinski definition) is 1. The Balaban J connectivity index is 1.69. The maximum atomic E-state index is 12.6. The van der Waals surface area contributed by atoms with Crippen LogP contribution in [-0.4, -0.2) is 52.4 Å². The first-order valence-electron chi connectivity index (χ1n) is 9.05. The van der Waals surface area contributed by atoms with Gasteiger partial charge in [0.2, 0.25) is 10.0 Å². The molecule has 8 heteroatoms. The van der Waals surface area contributed by atoms with Gasteiger partial charge in [-0.2, -0.15) is 4.31 Å². The molecule has 2 aromatic rings. The average molecular weight is 404 g/mol. The number of ketones is 1. The Morgan fingerprint density at radius 3 is 2.32 bits per heavy atom. The molecule has 0 spiro atoms. The van der Waals surface area contributed by atoms with E-state index in [4.69, 9.17) is 9.47 Å². The van der Waals surface area contributed by atoms with Crippen molar-refractivity contribution < 1.29 is 22.7 Å². The summed E-state index contributed by atoms with van der Waals surface area (Å²) < 4.78 is 37.1. The molecule has 0 amide bonds. The molecule has 7 nitrogen and oxygen atoms in total. The minimum atomic E-state index is -3.48. The van der Waals surface area contributed by atoms with Crippen molar-refractivity contribution in [2.45, 2.75) is 17.7 Å². The van der Waals surface area contributed by atoms with Crippen molar-refractivity contribution in [1.82, 2.24) is 4.31 Å². The molecule has 0 bridgehead atoms. The number of methoxy groups -OCH3 is 2. The number of hydrogen-bond acceptors (Lipinski definition) is 6. The maximum absolute atomic E-state index is 12.6. The standard InChI is InChI=1S/C20H24N2O5S/c1-26-16-7-10-20(27-2)18(13-16)21-14-19(23)15-5-8-17(9-6-15)28(24,25)22-11-3-4-12-22/h5-10,13,21H,3-4,11-12,14H2,1-2H3. The fourth-order valence-corrected chi connectivity index (χ4v) is 4.64. The van der Waals surface area contributed by atoms with E-state index in [1.54, 1.807) is 44.6 Å². The highest BCUT2D eigenvalue weighted by Gasteiger charge is 2.27. The Hall–Kier alpha value is -2.58. The van der Waals surface area contributed by atoms with Crippen LogP contribution in [0, 0.1) is 0 Å². The summed E-state index contributed by atoms with van der Waals surface area (Å²) in [6.45, 7) is 1.15. The molecule has 1 N–H and O–H groups in total. The number of ether oxygens (including phenoxy) is 2. The molecular formula is C20H24N2O5S. The Bertz CT molecular complexity index is 936. The molecule has 0 unspecified atom stereocenters. The largest absolute Gasteiger partial charge is 0.497 e. The summed E-state index contributed by atoms with van der Waals surface area (Å²) in [6, 6.07) is 11.4. The predicted molar refractivity (Wildman–Crippen MR) is 107 cm³/mol. The lowest BCUT2D eigenvalue weighted by molar-refractivity contribution is 0.101. The lowest BCUT2D eigenvalue weighted by atomic mass is 10.1. The fraction of sp³-hybridized carbons (Fsp3) is 0.350. The van der Waals surface area contributed by atoms with Crippen LogP contribution in [0.4, 0.5) is 5.69 Å². The quantitative estimate of drug-likeness (QED) is 0.681. The Kier molecular flexibility index (Phi) is 6.21. The number of carbonyl (C=O) groups excluding carboxylic acids is 1. The molecule has 0 aliphatic carbocycles. The van der Waals surface area contributed by atoms with Crippen LogP contribution in [0.3, 0.4) is 0 Å². The SMILES string of the molecule is COc1ccc(OC)c(NCC(=O)c2ccc(S(=O)(=O)N3CCCC3)cc2)c1. The first-order valence-corrected chi connectivity index (χ1v) is 10.5. The summed E-state index contributed by atoms with van der Waals surface area (Å²) in [7, 11) is -0.363. The van der Waals surface area contributed by atoms with Crippen LogP contribution < -0.4 is 14.8 Å². The number of sulfonamides is 1. The Morgan fingerprint density at radius 2 is 1.71 bits per heavy atom. The number of anilines is 1. The molecule has 28 heavy (non-hydrogen) atoms. The number of benzene rings is 2. The highest BCUT2D eigenvalue weighted by atomic mass is 32.2. The van der Waals surface area contributed by atoms with Gasteiger partial charge in [-0.1, -0.05) is 0 Å². The average Bonchev–Trinajstić information content (AvgIpc) is 3.27. The van der Waals surface area contributed by atoms with E-state index < -0.39 is 10.0 Å². The van der Waals surface area contributed by atoms with E-state index in [0.717, 1.165) is 12.8 Å². The smallest absolute Gasteiger partial charge is 0.243 e. The third-order valence-corrected chi connectivity index (χ3v) is 6.64. The van der Waals surface area contributed by atoms with Crippen LogP contribution in [0.15, 0.2) is 47.4 Å². The van der Waals surface area contributed by atoms with Crippen molar-refractivity contribution in [3.05, 3.63) is 48.0 Å². The van der Waals surface area contributed by atoms with Crippen LogP contribution in [-0.2, 0) is 10.0 Å². The molecule has 1 heterocycles. The molecule has 150 valence electrons. The molecule has 1 fully saturated rings. The minimum absolute atomic E-state index is 0.0434. The number of carbonyl (C=O) groups is 1. The zero-order chi connectivity index (χ0) is 20.1. The van der Waals surface area contributed by atoms with Crippen LogP contribution in [0.5, 0.6) is 11.5 Å². The van der Waals surface area contributed by atoms with Crippen molar-refractivity contribution in [2.24, 2.45) is 0 Å². The van der Waals surface area contributed by atoms with E-state index in [2.05, 4.69) is 5.32 Å². The van der Waals surface area contributed by atoms with Crippen molar-refractivity contribution in [1.29, 1.82) is 0 Å². The zero-order valence-corrected chi connectivity index (χ0v) is 16.8. The van der Waals surface area contributed by atoms with Crippen molar-refractivity contribution in [3.63, 3.8) is 0 Å². The number of nitrogens with zero attached hydrogens (tertiary/aromatic N) is 1. The van der Waals surface area contributed by atoms with Gasteiger partial charge in [0.05, 0.1) is 31.3 Å². The van der Waals surface area contributed by atoms with Gasteiger partial charge in [0.25, 0.3) is 0 Å². The van der Waals surface area contributed by atoms with Gasteiger partial charge >= 0.3 is 0 Å². The molecule has 0 atom stereocenters. The van der Waals surface area contributed by atoms with E-state index in [1.165, 1.54) is 16.4 Å². The normalized spacial score (nSPS) is 14.6. The third-order valence-electron chi connectivity index (χ3n) is 4.73. The summed E-state index contributed by atoms with van der Waals surface area (Å²) in [4.78, 5) is 12.7. The van der Waals surface area contributed by atoms with Crippen LogP contribution in [0.25, 0.3) is 0 Å². The van der Waals surface area contributed by atoms with E-state index in [9.17, 15) is 13.2 Å². The van der Waals surface area contributed by atoms with Crippen molar-refractivity contribution in [2.75, 3.05) is 39.2 Å². The topological polar surface area (TPSA) is 84.9 Å². The first-order chi connectivity index (χ1) is 13.5. The molecular weight excluding hydrogens is 380 g/mol.